The maximum Gasteiger partial charge on any atom is 0.219 e. The van der Waals surface area contributed by atoms with Crippen LogP contribution in [0.5, 0.6) is 0 Å². The third-order valence-corrected chi connectivity index (χ3v) is 3.95. The smallest absolute Gasteiger partial charge is 0.219 e. The third-order valence-electron chi connectivity index (χ3n) is 3.95. The molecule has 0 bridgehead atoms. The molecule has 2 rings (SSSR count). The van der Waals surface area contributed by atoms with Gasteiger partial charge >= 0.3 is 0 Å². The largest absolute Gasteiger partial charge is 0.342 e. The second-order valence-electron chi connectivity index (χ2n) is 5.37. The zero-order chi connectivity index (χ0) is 12.1. The lowest BCUT2D eigenvalue weighted by Gasteiger charge is -2.29. The molecule has 1 amide bonds. The molecule has 0 unspecified atom stereocenters. The fourth-order valence-corrected chi connectivity index (χ4v) is 2.91. The van der Waals surface area contributed by atoms with Gasteiger partial charge < -0.3 is 15.1 Å². The van der Waals surface area contributed by atoms with E-state index in [1.165, 1.54) is 32.5 Å². The van der Waals surface area contributed by atoms with E-state index in [4.69, 9.17) is 0 Å². The van der Waals surface area contributed by atoms with Gasteiger partial charge in [-0.25, -0.2) is 0 Å². The van der Waals surface area contributed by atoms with Gasteiger partial charge in [-0.15, -0.1) is 0 Å². The van der Waals surface area contributed by atoms with Crippen LogP contribution in [-0.4, -0.2) is 61.5 Å². The highest BCUT2D eigenvalue weighted by atomic mass is 16.2. The van der Waals surface area contributed by atoms with Crippen molar-refractivity contribution in [3.8, 4) is 0 Å². The number of hydrogen-bond donors (Lipinski definition) is 1. The van der Waals surface area contributed by atoms with E-state index in [2.05, 4.69) is 10.2 Å². The third kappa shape index (κ3) is 3.96. The predicted molar refractivity (Wildman–Crippen MR) is 68.9 cm³/mol. The first kappa shape index (κ1) is 12.8. The Hall–Kier alpha value is -0.610. The molecular formula is C13H25N3O. The van der Waals surface area contributed by atoms with Crippen LogP contribution in [0.25, 0.3) is 0 Å². The molecule has 98 valence electrons. The lowest BCUT2D eigenvalue weighted by atomic mass is 9.99. The van der Waals surface area contributed by atoms with E-state index in [1.54, 1.807) is 6.92 Å². The number of nitrogens with zero attached hydrogens (tertiary/aromatic N) is 2. The fourth-order valence-electron chi connectivity index (χ4n) is 2.91. The molecule has 2 aliphatic heterocycles. The van der Waals surface area contributed by atoms with Crippen LogP contribution in [0.4, 0.5) is 0 Å². The van der Waals surface area contributed by atoms with Gasteiger partial charge in [0, 0.05) is 33.1 Å². The summed E-state index contributed by atoms with van der Waals surface area (Å²) in [4.78, 5) is 15.9. The minimum atomic E-state index is 0.228. The van der Waals surface area contributed by atoms with Crippen molar-refractivity contribution < 1.29 is 4.79 Å². The second kappa shape index (κ2) is 6.36. The van der Waals surface area contributed by atoms with Gasteiger partial charge in [0.2, 0.25) is 5.91 Å². The van der Waals surface area contributed by atoms with Crippen LogP contribution in [0.3, 0.4) is 0 Å². The first-order chi connectivity index (χ1) is 8.25. The molecule has 1 atom stereocenters. The van der Waals surface area contributed by atoms with E-state index >= 15 is 0 Å². The highest BCUT2D eigenvalue weighted by Gasteiger charge is 2.20. The van der Waals surface area contributed by atoms with Gasteiger partial charge in [0.25, 0.3) is 0 Å². The summed E-state index contributed by atoms with van der Waals surface area (Å²) in [6, 6.07) is 0. The SMILES string of the molecule is CC(=O)N1CCCN(C[C@H]2CCCNC2)CC1. The van der Waals surface area contributed by atoms with Crippen molar-refractivity contribution in [1.82, 2.24) is 15.1 Å². The number of carbonyl (C=O) groups excluding carboxylic acids is 1. The van der Waals surface area contributed by atoms with Crippen molar-refractivity contribution in [2.45, 2.75) is 26.2 Å². The molecule has 17 heavy (non-hydrogen) atoms. The van der Waals surface area contributed by atoms with Crippen LogP contribution in [0, 0.1) is 5.92 Å². The number of piperidine rings is 1. The molecule has 0 aromatic heterocycles. The molecule has 4 heteroatoms. The van der Waals surface area contributed by atoms with Crippen LogP contribution < -0.4 is 5.32 Å². The molecule has 2 aliphatic rings. The lowest BCUT2D eigenvalue weighted by Crippen LogP contribution is -2.40. The van der Waals surface area contributed by atoms with Gasteiger partial charge in [-0.05, 0) is 44.8 Å². The zero-order valence-electron chi connectivity index (χ0n) is 11.0. The Labute approximate surface area is 104 Å². The topological polar surface area (TPSA) is 35.6 Å². The van der Waals surface area contributed by atoms with Gasteiger partial charge in [-0.2, -0.15) is 0 Å². The van der Waals surface area contributed by atoms with E-state index in [1.807, 2.05) is 4.90 Å². The maximum absolute atomic E-state index is 11.3. The summed E-state index contributed by atoms with van der Waals surface area (Å²) in [6.45, 7) is 9.31. The van der Waals surface area contributed by atoms with Gasteiger partial charge in [-0.1, -0.05) is 0 Å². The van der Waals surface area contributed by atoms with Crippen molar-refractivity contribution in [3.63, 3.8) is 0 Å². The van der Waals surface area contributed by atoms with E-state index in [0.717, 1.165) is 38.5 Å². The minimum absolute atomic E-state index is 0.228. The van der Waals surface area contributed by atoms with Crippen LogP contribution in [0.2, 0.25) is 0 Å². The van der Waals surface area contributed by atoms with Crippen LogP contribution in [-0.2, 0) is 4.79 Å². The second-order valence-corrected chi connectivity index (χ2v) is 5.37. The van der Waals surface area contributed by atoms with Crippen LogP contribution >= 0.6 is 0 Å². The molecular weight excluding hydrogens is 214 g/mol. The Balaban J connectivity index is 1.76. The number of carbonyl (C=O) groups is 1. The number of nitrogens with one attached hydrogen (secondary N) is 1. The predicted octanol–water partition coefficient (Wildman–Crippen LogP) is 0.540. The van der Waals surface area contributed by atoms with Crippen molar-refractivity contribution >= 4 is 5.91 Å². The summed E-state index contributed by atoms with van der Waals surface area (Å²) in [5.74, 6) is 1.04. The molecule has 0 radical (unpaired) electrons. The van der Waals surface area contributed by atoms with Crippen LogP contribution in [0.15, 0.2) is 0 Å². The first-order valence-corrected chi connectivity index (χ1v) is 6.94. The molecule has 2 saturated heterocycles. The fraction of sp³-hybridized carbons (Fsp3) is 0.923. The van der Waals surface area contributed by atoms with E-state index in [-0.39, 0.29) is 5.91 Å². The van der Waals surface area contributed by atoms with Gasteiger partial charge in [0.05, 0.1) is 0 Å². The Morgan fingerprint density at radius 2 is 2.12 bits per heavy atom. The van der Waals surface area contributed by atoms with Crippen molar-refractivity contribution in [2.75, 3.05) is 45.8 Å². The van der Waals surface area contributed by atoms with Crippen molar-refractivity contribution in [2.24, 2.45) is 5.92 Å². The molecule has 2 heterocycles. The first-order valence-electron chi connectivity index (χ1n) is 6.94. The summed E-state index contributed by atoms with van der Waals surface area (Å²) in [5.41, 5.74) is 0. The van der Waals surface area contributed by atoms with E-state index < -0.39 is 0 Å². The van der Waals surface area contributed by atoms with Crippen molar-refractivity contribution in [3.05, 3.63) is 0 Å². The lowest BCUT2D eigenvalue weighted by molar-refractivity contribution is -0.128. The molecule has 4 nitrogen and oxygen atoms in total. The quantitative estimate of drug-likeness (QED) is 0.764. The van der Waals surface area contributed by atoms with Gasteiger partial charge in [0.15, 0.2) is 0 Å². The minimum Gasteiger partial charge on any atom is -0.342 e. The van der Waals surface area contributed by atoms with Gasteiger partial charge in [-0.3, -0.25) is 4.79 Å². The molecule has 0 aromatic rings. The molecule has 0 aromatic carbocycles. The molecule has 0 spiro atoms. The van der Waals surface area contributed by atoms with Crippen LogP contribution in [0.1, 0.15) is 26.2 Å². The average molecular weight is 239 g/mol. The molecule has 0 aliphatic carbocycles. The average Bonchev–Trinajstić information content (AvgIpc) is 2.56. The monoisotopic (exact) mass is 239 g/mol. The maximum atomic E-state index is 11.3. The molecule has 2 fully saturated rings. The summed E-state index contributed by atoms with van der Waals surface area (Å²) in [6.07, 6.45) is 3.80. The van der Waals surface area contributed by atoms with E-state index in [0.29, 0.717) is 0 Å². The van der Waals surface area contributed by atoms with Crippen molar-refractivity contribution in [1.29, 1.82) is 0 Å². The number of hydrogen-bond acceptors (Lipinski definition) is 3. The number of rotatable bonds is 2. The Morgan fingerprint density at radius 3 is 2.82 bits per heavy atom. The Kier molecular flexibility index (Phi) is 4.80. The Morgan fingerprint density at radius 1 is 1.24 bits per heavy atom. The summed E-state index contributed by atoms with van der Waals surface area (Å²) in [7, 11) is 0. The standard InChI is InChI=1S/C13H25N3O/c1-12(17)16-7-3-6-15(8-9-16)11-13-4-2-5-14-10-13/h13-14H,2-11H2,1H3/t13-/m0/s1. The molecule has 1 N–H and O–H groups in total. The Bertz CT molecular complexity index is 251. The highest BCUT2D eigenvalue weighted by molar-refractivity contribution is 5.73. The van der Waals surface area contributed by atoms with E-state index in [9.17, 15) is 4.79 Å². The summed E-state index contributed by atoms with van der Waals surface area (Å²) >= 11 is 0. The summed E-state index contributed by atoms with van der Waals surface area (Å²) < 4.78 is 0. The van der Waals surface area contributed by atoms with Gasteiger partial charge in [0.1, 0.15) is 0 Å². The summed E-state index contributed by atoms with van der Waals surface area (Å²) in [5, 5.41) is 3.48. The number of amides is 1. The highest BCUT2D eigenvalue weighted by Crippen LogP contribution is 2.13. The normalized spacial score (nSPS) is 27.8. The molecule has 0 saturated carbocycles. The zero-order valence-corrected chi connectivity index (χ0v) is 11.0.